The number of nitrogens with one attached hydrogen (secondary N) is 2. The lowest BCUT2D eigenvalue weighted by Crippen LogP contribution is -2.64. The minimum absolute atomic E-state index is 0.0324. The quantitative estimate of drug-likeness (QED) is 0.706. The molecule has 30 heavy (non-hydrogen) atoms. The highest BCUT2D eigenvalue weighted by Crippen LogP contribution is 2.51. The Morgan fingerprint density at radius 2 is 1.67 bits per heavy atom. The number of carbonyl (C=O) groups excluding carboxylic acids is 2. The summed E-state index contributed by atoms with van der Waals surface area (Å²) >= 11 is 0. The van der Waals surface area contributed by atoms with Gasteiger partial charge in [0.2, 0.25) is 11.8 Å². The third-order valence-corrected chi connectivity index (χ3v) is 8.18. The number of nitrogens with zero attached hydrogens (tertiary/aromatic N) is 2. The third kappa shape index (κ3) is 3.89. The van der Waals surface area contributed by atoms with Crippen LogP contribution in [0.15, 0.2) is 0 Å². The van der Waals surface area contributed by atoms with Crippen molar-refractivity contribution >= 4 is 11.8 Å². The van der Waals surface area contributed by atoms with E-state index in [1.807, 2.05) is 27.7 Å². The van der Waals surface area contributed by atoms with Crippen molar-refractivity contribution < 1.29 is 14.3 Å². The normalized spacial score (nSPS) is 32.7. The first-order chi connectivity index (χ1) is 14.0. The lowest BCUT2D eigenvalue weighted by Gasteiger charge is -2.48. The van der Waals surface area contributed by atoms with E-state index in [1.165, 1.54) is 0 Å². The van der Waals surface area contributed by atoms with Gasteiger partial charge in [-0.25, -0.2) is 0 Å². The smallest absolute Gasteiger partial charge is 0.246 e. The number of ether oxygens (including phenoxy) is 1. The van der Waals surface area contributed by atoms with E-state index in [-0.39, 0.29) is 34.3 Å². The molecule has 0 radical (unpaired) electrons. The monoisotopic (exact) mass is 422 g/mol. The van der Waals surface area contributed by atoms with Crippen molar-refractivity contribution in [3.05, 3.63) is 0 Å². The lowest BCUT2D eigenvalue weighted by atomic mass is 9.79. The zero-order chi connectivity index (χ0) is 22.3. The van der Waals surface area contributed by atoms with Gasteiger partial charge in [-0.15, -0.1) is 0 Å². The van der Waals surface area contributed by atoms with Crippen molar-refractivity contribution in [2.24, 2.45) is 5.41 Å². The van der Waals surface area contributed by atoms with Gasteiger partial charge in [-0.3, -0.25) is 14.5 Å². The number of carbonyl (C=O) groups is 2. The maximum absolute atomic E-state index is 13.9. The minimum Gasteiger partial charge on any atom is -0.381 e. The van der Waals surface area contributed by atoms with Gasteiger partial charge in [0.1, 0.15) is 6.04 Å². The molecule has 0 spiro atoms. The highest BCUT2D eigenvalue weighted by atomic mass is 16.5. The van der Waals surface area contributed by atoms with Crippen LogP contribution in [-0.2, 0) is 14.3 Å². The fourth-order valence-electron chi connectivity index (χ4n) is 5.72. The lowest BCUT2D eigenvalue weighted by molar-refractivity contribution is -0.144. The van der Waals surface area contributed by atoms with Crippen LogP contribution in [0.1, 0.15) is 67.2 Å². The molecule has 3 saturated heterocycles. The van der Waals surface area contributed by atoms with E-state index < -0.39 is 6.04 Å². The molecule has 4 atom stereocenters. The van der Waals surface area contributed by atoms with E-state index in [9.17, 15) is 9.59 Å². The summed E-state index contributed by atoms with van der Waals surface area (Å²) in [4.78, 5) is 31.2. The van der Waals surface area contributed by atoms with Crippen LogP contribution in [-0.4, -0.2) is 84.2 Å². The standard InChI is InChI=1S/C23H42N4O3/c1-16(24-7)19(28)25-18(21(2,3)4)20(29)27-13-11-22(5)23(27,6)10-12-26(22)17-8-14-30-15-9-17/h16-18,24H,8-15H2,1-7H3,(H,25,28). The molecule has 2 amide bonds. The predicted molar refractivity (Wildman–Crippen MR) is 118 cm³/mol. The molecule has 7 nitrogen and oxygen atoms in total. The number of likely N-dealkylation sites (tertiary alicyclic amines) is 2. The minimum atomic E-state index is -0.544. The van der Waals surface area contributed by atoms with Gasteiger partial charge in [0, 0.05) is 37.9 Å². The molecule has 7 heteroatoms. The van der Waals surface area contributed by atoms with Crippen LogP contribution in [0.2, 0.25) is 0 Å². The molecule has 3 rings (SSSR count). The second-order valence-electron chi connectivity index (χ2n) is 10.9. The predicted octanol–water partition coefficient (Wildman–Crippen LogP) is 1.76. The van der Waals surface area contributed by atoms with Crippen molar-refractivity contribution in [3.8, 4) is 0 Å². The molecule has 2 N–H and O–H groups in total. The number of hydrogen-bond acceptors (Lipinski definition) is 5. The molecule has 3 fully saturated rings. The molecular formula is C23H42N4O3. The van der Waals surface area contributed by atoms with Gasteiger partial charge in [0.05, 0.1) is 11.6 Å². The first kappa shape index (κ1) is 23.5. The van der Waals surface area contributed by atoms with Gasteiger partial charge in [-0.1, -0.05) is 20.8 Å². The van der Waals surface area contributed by atoms with Gasteiger partial charge in [-0.2, -0.15) is 0 Å². The Bertz CT molecular complexity index is 657. The Morgan fingerprint density at radius 3 is 2.23 bits per heavy atom. The number of amides is 2. The van der Waals surface area contributed by atoms with Crippen LogP contribution in [0.5, 0.6) is 0 Å². The summed E-state index contributed by atoms with van der Waals surface area (Å²) in [7, 11) is 1.76. The zero-order valence-electron chi connectivity index (χ0n) is 20.0. The van der Waals surface area contributed by atoms with Crippen molar-refractivity contribution in [3.63, 3.8) is 0 Å². The topological polar surface area (TPSA) is 73.9 Å². The van der Waals surface area contributed by atoms with Crippen LogP contribution in [0.3, 0.4) is 0 Å². The molecule has 3 aliphatic heterocycles. The zero-order valence-corrected chi connectivity index (χ0v) is 20.0. The Labute approximate surface area is 182 Å². The fraction of sp³-hybridized carbons (Fsp3) is 0.913. The molecule has 0 aromatic heterocycles. The maximum Gasteiger partial charge on any atom is 0.246 e. The first-order valence-corrected chi connectivity index (χ1v) is 11.6. The highest BCUT2D eigenvalue weighted by Gasteiger charge is 2.63. The van der Waals surface area contributed by atoms with Gasteiger partial charge < -0.3 is 20.3 Å². The fourth-order valence-corrected chi connectivity index (χ4v) is 5.72. The SMILES string of the molecule is CNC(C)C(=O)NC(C(=O)N1CCC2(C)N(C3CCOCC3)CCC12C)C(C)(C)C. The number of rotatable bonds is 5. The molecular weight excluding hydrogens is 380 g/mol. The number of likely N-dealkylation sites (N-methyl/N-ethyl adjacent to an activating group) is 1. The van der Waals surface area contributed by atoms with Crippen LogP contribution in [0, 0.1) is 5.41 Å². The van der Waals surface area contributed by atoms with E-state index in [0.29, 0.717) is 6.04 Å². The molecule has 0 aliphatic carbocycles. The summed E-state index contributed by atoms with van der Waals surface area (Å²) in [6.45, 7) is 15.9. The Balaban J connectivity index is 1.82. The molecule has 3 aliphatic rings. The molecule has 0 bridgehead atoms. The molecule has 4 unspecified atom stereocenters. The van der Waals surface area contributed by atoms with Crippen LogP contribution < -0.4 is 10.6 Å². The van der Waals surface area contributed by atoms with Gasteiger partial charge in [0.25, 0.3) is 0 Å². The summed E-state index contributed by atoms with van der Waals surface area (Å²) in [5.74, 6) is -0.0765. The van der Waals surface area contributed by atoms with Crippen LogP contribution in [0.25, 0.3) is 0 Å². The van der Waals surface area contributed by atoms with Crippen LogP contribution in [0.4, 0.5) is 0 Å². The Morgan fingerprint density at radius 1 is 1.07 bits per heavy atom. The second-order valence-corrected chi connectivity index (χ2v) is 10.9. The summed E-state index contributed by atoms with van der Waals surface area (Å²) < 4.78 is 5.59. The first-order valence-electron chi connectivity index (χ1n) is 11.6. The van der Waals surface area contributed by atoms with Gasteiger partial charge in [0.15, 0.2) is 0 Å². The van der Waals surface area contributed by atoms with Crippen molar-refractivity contribution in [1.82, 2.24) is 20.4 Å². The van der Waals surface area contributed by atoms with E-state index in [1.54, 1.807) is 7.05 Å². The van der Waals surface area contributed by atoms with Crippen molar-refractivity contribution in [2.75, 3.05) is 33.4 Å². The Hall–Kier alpha value is -1.18. The largest absolute Gasteiger partial charge is 0.381 e. The number of fused-ring (bicyclic) bond motifs is 1. The summed E-state index contributed by atoms with van der Waals surface area (Å²) in [6.07, 6.45) is 4.10. The molecule has 3 heterocycles. The van der Waals surface area contributed by atoms with E-state index in [0.717, 1.165) is 52.0 Å². The molecule has 0 aromatic rings. The Kier molecular flexibility index (Phi) is 6.57. The highest BCUT2D eigenvalue weighted by molar-refractivity contribution is 5.91. The van der Waals surface area contributed by atoms with Gasteiger partial charge >= 0.3 is 0 Å². The third-order valence-electron chi connectivity index (χ3n) is 8.18. The van der Waals surface area contributed by atoms with Gasteiger partial charge in [-0.05, 0) is 58.9 Å². The van der Waals surface area contributed by atoms with E-state index in [4.69, 9.17) is 4.74 Å². The van der Waals surface area contributed by atoms with E-state index in [2.05, 4.69) is 34.3 Å². The molecule has 172 valence electrons. The average molecular weight is 423 g/mol. The van der Waals surface area contributed by atoms with Crippen molar-refractivity contribution in [1.29, 1.82) is 0 Å². The summed E-state index contributed by atoms with van der Waals surface area (Å²) in [6, 6.07) is -0.343. The molecule has 0 aromatic carbocycles. The molecule has 0 saturated carbocycles. The average Bonchev–Trinajstić information content (AvgIpc) is 3.11. The maximum atomic E-state index is 13.9. The second kappa shape index (κ2) is 8.40. The van der Waals surface area contributed by atoms with Crippen molar-refractivity contribution in [2.45, 2.75) is 96.4 Å². The van der Waals surface area contributed by atoms with Crippen LogP contribution >= 0.6 is 0 Å². The summed E-state index contributed by atoms with van der Waals surface area (Å²) in [5, 5.41) is 6.01. The summed E-state index contributed by atoms with van der Waals surface area (Å²) in [5.41, 5.74) is -0.616. The number of hydrogen-bond donors (Lipinski definition) is 2. The van der Waals surface area contributed by atoms with E-state index >= 15 is 0 Å².